The van der Waals surface area contributed by atoms with Gasteiger partial charge in [-0.25, -0.2) is 9.97 Å². The molecule has 0 spiro atoms. The Bertz CT molecular complexity index is 2460. The highest BCUT2D eigenvalue weighted by atomic mass is 32.1. The van der Waals surface area contributed by atoms with E-state index in [1.807, 2.05) is 23.6 Å². The van der Waals surface area contributed by atoms with Crippen LogP contribution in [0.3, 0.4) is 0 Å². The minimum absolute atomic E-state index is 0.0986. The van der Waals surface area contributed by atoms with Crippen LogP contribution in [0.5, 0.6) is 0 Å². The van der Waals surface area contributed by atoms with Crippen molar-refractivity contribution in [3.63, 3.8) is 0 Å². The van der Waals surface area contributed by atoms with E-state index in [2.05, 4.69) is 140 Å². The quantitative estimate of drug-likeness (QED) is 0.200. The van der Waals surface area contributed by atoms with Gasteiger partial charge in [0, 0.05) is 60.2 Å². The van der Waals surface area contributed by atoms with Crippen LogP contribution in [0.1, 0.15) is 25.0 Å². The van der Waals surface area contributed by atoms with Gasteiger partial charge in [0.25, 0.3) is 0 Å². The molecule has 0 N–H and O–H groups in total. The first-order chi connectivity index (χ1) is 22.5. The molecule has 0 saturated carbocycles. The van der Waals surface area contributed by atoms with Gasteiger partial charge in [0.15, 0.2) is 5.82 Å². The van der Waals surface area contributed by atoms with Crippen molar-refractivity contribution in [2.24, 2.45) is 0 Å². The fourth-order valence-corrected chi connectivity index (χ4v) is 8.15. The number of pyridine rings is 1. The van der Waals surface area contributed by atoms with E-state index in [0.717, 1.165) is 39.2 Å². The van der Waals surface area contributed by atoms with Crippen LogP contribution in [0.4, 0.5) is 0 Å². The summed E-state index contributed by atoms with van der Waals surface area (Å²) in [5, 5.41) is 2.54. The molecule has 0 radical (unpaired) electrons. The number of hydrogen-bond acceptors (Lipinski definition) is 4. The van der Waals surface area contributed by atoms with Crippen molar-refractivity contribution in [2.45, 2.75) is 19.3 Å². The molecule has 5 aromatic carbocycles. The molecule has 1 aliphatic carbocycles. The van der Waals surface area contributed by atoms with Gasteiger partial charge in [-0.15, -0.1) is 11.3 Å². The second-order valence-corrected chi connectivity index (χ2v) is 13.6. The van der Waals surface area contributed by atoms with Crippen LogP contribution in [0, 0.1) is 0 Å². The Labute approximate surface area is 271 Å². The third-order valence-corrected chi connectivity index (χ3v) is 10.6. The average Bonchev–Trinajstić information content (AvgIpc) is 3.60. The zero-order valence-corrected chi connectivity index (χ0v) is 26.3. The summed E-state index contributed by atoms with van der Waals surface area (Å²) in [7, 11) is 0. The van der Waals surface area contributed by atoms with Gasteiger partial charge in [0.2, 0.25) is 0 Å². The number of thiophene rings is 1. The Morgan fingerprint density at radius 3 is 2.00 bits per heavy atom. The lowest BCUT2D eigenvalue weighted by Gasteiger charge is -2.22. The number of rotatable bonds is 4. The molecule has 8 aromatic rings. The number of aromatic nitrogens is 3. The van der Waals surface area contributed by atoms with Gasteiger partial charge in [0.05, 0.1) is 11.4 Å². The zero-order chi connectivity index (χ0) is 30.8. The normalized spacial score (nSPS) is 13.2. The molecular formula is C42H29N3S. The maximum absolute atomic E-state index is 5.28. The summed E-state index contributed by atoms with van der Waals surface area (Å²) < 4.78 is 2.58. The van der Waals surface area contributed by atoms with E-state index in [4.69, 9.17) is 9.97 Å². The second kappa shape index (κ2) is 10.3. The van der Waals surface area contributed by atoms with Crippen LogP contribution in [-0.4, -0.2) is 15.0 Å². The van der Waals surface area contributed by atoms with Gasteiger partial charge >= 0.3 is 0 Å². The van der Waals surface area contributed by atoms with Crippen molar-refractivity contribution in [3.05, 3.63) is 151 Å². The summed E-state index contributed by atoms with van der Waals surface area (Å²) in [4.78, 5) is 14.9. The molecule has 0 amide bonds. The minimum Gasteiger partial charge on any atom is -0.264 e. The number of nitrogens with zero attached hydrogens (tertiary/aromatic N) is 3. The maximum atomic E-state index is 5.28. The predicted octanol–water partition coefficient (Wildman–Crippen LogP) is 11.2. The van der Waals surface area contributed by atoms with Crippen molar-refractivity contribution < 1.29 is 0 Å². The Morgan fingerprint density at radius 2 is 1.17 bits per heavy atom. The van der Waals surface area contributed by atoms with Crippen molar-refractivity contribution in [1.29, 1.82) is 0 Å². The van der Waals surface area contributed by atoms with Gasteiger partial charge < -0.3 is 0 Å². The van der Waals surface area contributed by atoms with Crippen molar-refractivity contribution in [2.75, 3.05) is 0 Å². The molecule has 46 heavy (non-hydrogen) atoms. The van der Waals surface area contributed by atoms with Gasteiger partial charge in [-0.05, 0) is 64.2 Å². The first kappa shape index (κ1) is 26.9. The summed E-state index contributed by atoms with van der Waals surface area (Å²) in [5.41, 5.74) is 12.3. The number of hydrogen-bond donors (Lipinski definition) is 0. The van der Waals surface area contributed by atoms with E-state index in [9.17, 15) is 0 Å². The topological polar surface area (TPSA) is 38.7 Å². The first-order valence-electron chi connectivity index (χ1n) is 15.6. The molecule has 0 saturated heterocycles. The summed E-state index contributed by atoms with van der Waals surface area (Å²) in [6.07, 6.45) is 3.71. The maximum Gasteiger partial charge on any atom is 0.161 e. The molecule has 0 fully saturated rings. The molecule has 3 nitrogen and oxygen atoms in total. The summed E-state index contributed by atoms with van der Waals surface area (Å²) in [6, 6.07) is 45.5. The third-order valence-electron chi connectivity index (χ3n) is 9.42. The molecule has 0 aliphatic heterocycles. The van der Waals surface area contributed by atoms with Gasteiger partial charge in [-0.3, -0.25) is 4.98 Å². The molecule has 218 valence electrons. The van der Waals surface area contributed by atoms with Crippen LogP contribution >= 0.6 is 11.3 Å². The van der Waals surface area contributed by atoms with E-state index in [1.54, 1.807) is 6.20 Å². The second-order valence-electron chi connectivity index (χ2n) is 12.5. The zero-order valence-electron chi connectivity index (χ0n) is 25.5. The summed E-state index contributed by atoms with van der Waals surface area (Å²) in [5.74, 6) is 0.699. The summed E-state index contributed by atoms with van der Waals surface area (Å²) >= 11 is 1.83. The molecule has 1 aliphatic rings. The van der Waals surface area contributed by atoms with E-state index < -0.39 is 0 Å². The molecule has 3 aromatic heterocycles. The highest BCUT2D eigenvalue weighted by molar-refractivity contribution is 7.25. The van der Waals surface area contributed by atoms with E-state index >= 15 is 0 Å². The van der Waals surface area contributed by atoms with Crippen molar-refractivity contribution in [1.82, 2.24) is 15.0 Å². The fraction of sp³-hybridized carbons (Fsp3) is 0.0714. The van der Waals surface area contributed by atoms with Crippen LogP contribution < -0.4 is 0 Å². The predicted molar refractivity (Wildman–Crippen MR) is 192 cm³/mol. The lowest BCUT2D eigenvalue weighted by atomic mass is 9.82. The van der Waals surface area contributed by atoms with Crippen LogP contribution in [0.25, 0.3) is 76.3 Å². The smallest absolute Gasteiger partial charge is 0.161 e. The standard InChI is InChI=1S/C42H29N3S/c1-42(2)35-15-7-5-12-30(35)31-19-17-27(23-36(31)42)38-24-37(26-18-20-40-34(22-26)32-13-6-8-16-39(32)46-40)44-41(45-38)33-14-4-3-11-29(33)28-10-9-21-43-25-28/h3-25H,1-2H3. The molecule has 9 rings (SSSR count). The molecule has 4 heteroatoms. The van der Waals surface area contributed by atoms with Crippen LogP contribution in [0.15, 0.2) is 140 Å². The Kier molecular flexibility index (Phi) is 6.02. The van der Waals surface area contributed by atoms with Crippen LogP contribution in [-0.2, 0) is 5.41 Å². The fourth-order valence-electron chi connectivity index (χ4n) is 7.06. The lowest BCUT2D eigenvalue weighted by Crippen LogP contribution is -2.14. The number of benzene rings is 5. The monoisotopic (exact) mass is 607 g/mol. The highest BCUT2D eigenvalue weighted by Gasteiger charge is 2.35. The molecule has 0 atom stereocenters. The van der Waals surface area contributed by atoms with E-state index in [-0.39, 0.29) is 5.41 Å². The van der Waals surface area contributed by atoms with Crippen molar-refractivity contribution >= 4 is 31.5 Å². The summed E-state index contributed by atoms with van der Waals surface area (Å²) in [6.45, 7) is 4.64. The van der Waals surface area contributed by atoms with Gasteiger partial charge in [-0.1, -0.05) is 105 Å². The lowest BCUT2D eigenvalue weighted by molar-refractivity contribution is 0.660. The van der Waals surface area contributed by atoms with Gasteiger partial charge in [0.1, 0.15) is 0 Å². The first-order valence-corrected chi connectivity index (χ1v) is 16.4. The minimum atomic E-state index is -0.0986. The van der Waals surface area contributed by atoms with Crippen molar-refractivity contribution in [3.8, 4) is 56.2 Å². The molecule has 0 unspecified atom stereocenters. The third kappa shape index (κ3) is 4.22. The Balaban J connectivity index is 1.27. The van der Waals surface area contributed by atoms with E-state index in [0.29, 0.717) is 5.82 Å². The SMILES string of the molecule is CC1(C)c2ccccc2-c2ccc(-c3cc(-c4ccc5sc6ccccc6c5c4)nc(-c4ccccc4-c4cccnc4)n3)cc21. The highest BCUT2D eigenvalue weighted by Crippen LogP contribution is 2.49. The Hall–Kier alpha value is -5.45. The molecular weight excluding hydrogens is 579 g/mol. The molecule has 3 heterocycles. The number of fused-ring (bicyclic) bond motifs is 6. The average molecular weight is 608 g/mol. The molecule has 0 bridgehead atoms. The largest absolute Gasteiger partial charge is 0.264 e. The Morgan fingerprint density at radius 1 is 0.500 bits per heavy atom. The van der Waals surface area contributed by atoms with Crippen LogP contribution in [0.2, 0.25) is 0 Å². The van der Waals surface area contributed by atoms with E-state index in [1.165, 1.54) is 42.4 Å². The van der Waals surface area contributed by atoms with Gasteiger partial charge in [-0.2, -0.15) is 0 Å².